The predicted octanol–water partition coefficient (Wildman–Crippen LogP) is 3.98. The summed E-state index contributed by atoms with van der Waals surface area (Å²) in [7, 11) is 0. The first-order valence-electron chi connectivity index (χ1n) is 6.37. The Kier molecular flexibility index (Phi) is 3.97. The van der Waals surface area contributed by atoms with Gasteiger partial charge in [0.25, 0.3) is 0 Å². The van der Waals surface area contributed by atoms with Gasteiger partial charge in [-0.1, -0.05) is 15.9 Å². The van der Waals surface area contributed by atoms with E-state index in [9.17, 15) is 4.39 Å². The van der Waals surface area contributed by atoms with Crippen LogP contribution in [-0.2, 0) is 6.42 Å². The van der Waals surface area contributed by atoms with E-state index in [1.54, 1.807) is 6.07 Å². The summed E-state index contributed by atoms with van der Waals surface area (Å²) in [5.74, 6) is 0.504. The van der Waals surface area contributed by atoms with Crippen LogP contribution in [0, 0.1) is 5.82 Å². The van der Waals surface area contributed by atoms with Crippen molar-refractivity contribution >= 4 is 32.2 Å². The highest BCUT2D eigenvalue weighted by atomic mass is 79.9. The Morgan fingerprint density at radius 1 is 1.48 bits per heavy atom. The van der Waals surface area contributed by atoms with E-state index in [1.165, 1.54) is 23.5 Å². The van der Waals surface area contributed by atoms with Crippen LogP contribution in [0.1, 0.15) is 12.6 Å². The average molecular weight is 370 g/mol. The molecule has 2 aromatic heterocycles. The van der Waals surface area contributed by atoms with E-state index >= 15 is 0 Å². The molecule has 21 heavy (non-hydrogen) atoms. The zero-order chi connectivity index (χ0) is 15.0. The molecule has 0 fully saturated rings. The lowest BCUT2D eigenvalue weighted by molar-refractivity contribution is 0.452. The maximum atomic E-state index is 13.4. The third-order valence-electron chi connectivity index (χ3n) is 2.89. The number of fused-ring (bicyclic) bond motifs is 1. The van der Waals surface area contributed by atoms with Crippen molar-refractivity contribution in [1.29, 1.82) is 0 Å². The zero-order valence-electron chi connectivity index (χ0n) is 11.2. The van der Waals surface area contributed by atoms with Crippen molar-refractivity contribution in [2.24, 2.45) is 5.73 Å². The second-order valence-corrected chi connectivity index (χ2v) is 6.60. The van der Waals surface area contributed by atoms with Crippen molar-refractivity contribution in [1.82, 2.24) is 9.38 Å². The van der Waals surface area contributed by atoms with Gasteiger partial charge in [0.1, 0.15) is 11.6 Å². The molecule has 0 aliphatic heterocycles. The standard InChI is InChI=1S/C14H13BrFN3OS/c1-8(17)4-12-13(18-14-19(12)2-3-21-14)20-11-6-9(15)5-10(16)7-11/h2-3,5-8H,4,17H2,1H3. The topological polar surface area (TPSA) is 52.5 Å². The molecule has 0 saturated heterocycles. The van der Waals surface area contributed by atoms with Crippen molar-refractivity contribution in [3.8, 4) is 11.6 Å². The quantitative estimate of drug-likeness (QED) is 0.756. The van der Waals surface area contributed by atoms with Crippen molar-refractivity contribution < 1.29 is 9.13 Å². The molecular weight excluding hydrogens is 357 g/mol. The Morgan fingerprint density at radius 3 is 3.00 bits per heavy atom. The number of nitrogens with zero attached hydrogens (tertiary/aromatic N) is 2. The maximum absolute atomic E-state index is 13.4. The van der Waals surface area contributed by atoms with Crippen molar-refractivity contribution in [2.45, 2.75) is 19.4 Å². The lowest BCUT2D eigenvalue weighted by atomic mass is 10.2. The highest BCUT2D eigenvalue weighted by Crippen LogP contribution is 2.30. The number of ether oxygens (including phenoxy) is 1. The number of nitrogens with two attached hydrogens (primary N) is 1. The molecule has 110 valence electrons. The number of thiazole rings is 1. The minimum absolute atomic E-state index is 0.0219. The highest BCUT2D eigenvalue weighted by Gasteiger charge is 2.17. The lowest BCUT2D eigenvalue weighted by Gasteiger charge is -2.08. The summed E-state index contributed by atoms with van der Waals surface area (Å²) in [6.07, 6.45) is 2.56. The summed E-state index contributed by atoms with van der Waals surface area (Å²) < 4.78 is 21.8. The van der Waals surface area contributed by atoms with Crippen LogP contribution in [0.4, 0.5) is 4.39 Å². The van der Waals surface area contributed by atoms with E-state index in [4.69, 9.17) is 10.5 Å². The van der Waals surface area contributed by atoms with Gasteiger partial charge in [0.05, 0.1) is 5.69 Å². The van der Waals surface area contributed by atoms with Gasteiger partial charge in [-0.2, -0.15) is 4.98 Å². The third-order valence-corrected chi connectivity index (χ3v) is 4.10. The molecule has 1 atom stereocenters. The Labute approximate surface area is 133 Å². The van der Waals surface area contributed by atoms with Gasteiger partial charge in [0, 0.05) is 34.6 Å². The maximum Gasteiger partial charge on any atom is 0.242 e. The summed E-state index contributed by atoms with van der Waals surface area (Å²) in [4.78, 5) is 5.28. The predicted molar refractivity (Wildman–Crippen MR) is 84.6 cm³/mol. The summed E-state index contributed by atoms with van der Waals surface area (Å²) in [5, 5.41) is 1.95. The average Bonchev–Trinajstić information content (AvgIpc) is 2.91. The molecular formula is C14H13BrFN3OS. The van der Waals surface area contributed by atoms with Crippen LogP contribution in [0.3, 0.4) is 0 Å². The van der Waals surface area contributed by atoms with Gasteiger partial charge in [-0.25, -0.2) is 4.39 Å². The van der Waals surface area contributed by atoms with Crippen LogP contribution in [0.5, 0.6) is 11.6 Å². The van der Waals surface area contributed by atoms with Crippen LogP contribution in [0.25, 0.3) is 4.96 Å². The van der Waals surface area contributed by atoms with Gasteiger partial charge in [-0.05, 0) is 19.1 Å². The molecule has 1 aromatic carbocycles. The van der Waals surface area contributed by atoms with Crippen LogP contribution in [0.15, 0.2) is 34.2 Å². The van der Waals surface area contributed by atoms with E-state index in [-0.39, 0.29) is 11.9 Å². The molecule has 0 radical (unpaired) electrons. The van der Waals surface area contributed by atoms with Crippen molar-refractivity contribution in [2.75, 3.05) is 0 Å². The molecule has 3 aromatic rings. The largest absolute Gasteiger partial charge is 0.437 e. The van der Waals surface area contributed by atoms with Crippen molar-refractivity contribution in [3.63, 3.8) is 0 Å². The fraction of sp³-hybridized carbons (Fsp3) is 0.214. The summed E-state index contributed by atoms with van der Waals surface area (Å²) >= 11 is 4.76. The second-order valence-electron chi connectivity index (χ2n) is 4.81. The molecule has 1 unspecified atom stereocenters. The molecule has 0 spiro atoms. The smallest absolute Gasteiger partial charge is 0.242 e. The van der Waals surface area contributed by atoms with E-state index in [0.29, 0.717) is 22.5 Å². The molecule has 0 amide bonds. The van der Waals surface area contributed by atoms with Gasteiger partial charge in [-0.15, -0.1) is 11.3 Å². The van der Waals surface area contributed by atoms with Gasteiger partial charge in [-0.3, -0.25) is 4.40 Å². The Balaban J connectivity index is 2.00. The number of hydrogen-bond donors (Lipinski definition) is 1. The van der Waals surface area contributed by atoms with Crippen LogP contribution < -0.4 is 10.5 Å². The summed E-state index contributed by atoms with van der Waals surface area (Å²) in [5.41, 5.74) is 6.78. The second kappa shape index (κ2) is 5.75. The first kappa shape index (κ1) is 14.5. The normalized spacial score (nSPS) is 12.8. The minimum Gasteiger partial charge on any atom is -0.437 e. The molecule has 4 nitrogen and oxygen atoms in total. The summed E-state index contributed by atoms with van der Waals surface area (Å²) in [6, 6.07) is 4.38. The minimum atomic E-state index is -0.367. The molecule has 0 aliphatic rings. The SMILES string of the molecule is CC(N)Cc1c(Oc2cc(F)cc(Br)c2)nc2sccn12. The van der Waals surface area contributed by atoms with Crippen LogP contribution in [0.2, 0.25) is 0 Å². The molecule has 7 heteroatoms. The summed E-state index contributed by atoms with van der Waals surface area (Å²) in [6.45, 7) is 1.92. The van der Waals surface area contributed by atoms with Gasteiger partial charge >= 0.3 is 0 Å². The molecule has 0 bridgehead atoms. The van der Waals surface area contributed by atoms with Gasteiger partial charge < -0.3 is 10.5 Å². The first-order valence-corrected chi connectivity index (χ1v) is 8.04. The van der Waals surface area contributed by atoms with Crippen LogP contribution >= 0.6 is 27.3 Å². The van der Waals surface area contributed by atoms with Crippen molar-refractivity contribution in [3.05, 3.63) is 45.8 Å². The molecule has 2 heterocycles. The number of benzene rings is 1. The number of halogens is 2. The third kappa shape index (κ3) is 3.09. The van der Waals surface area contributed by atoms with E-state index in [0.717, 1.165) is 10.7 Å². The Hall–Kier alpha value is -1.44. The number of hydrogen-bond acceptors (Lipinski definition) is 4. The van der Waals surface area contributed by atoms with Gasteiger partial charge in [0.15, 0.2) is 4.96 Å². The fourth-order valence-electron chi connectivity index (χ4n) is 2.08. The Morgan fingerprint density at radius 2 is 2.29 bits per heavy atom. The lowest BCUT2D eigenvalue weighted by Crippen LogP contribution is -2.19. The molecule has 3 rings (SSSR count). The molecule has 0 aliphatic carbocycles. The highest BCUT2D eigenvalue weighted by molar-refractivity contribution is 9.10. The Bertz CT molecular complexity index is 763. The number of rotatable bonds is 4. The fourth-order valence-corrected chi connectivity index (χ4v) is 3.25. The first-order chi connectivity index (χ1) is 10.0. The molecule has 2 N–H and O–H groups in total. The van der Waals surface area contributed by atoms with Crippen LogP contribution in [-0.4, -0.2) is 15.4 Å². The number of aromatic nitrogens is 2. The van der Waals surface area contributed by atoms with E-state index in [1.807, 2.05) is 22.9 Å². The molecule has 0 saturated carbocycles. The zero-order valence-corrected chi connectivity index (χ0v) is 13.6. The van der Waals surface area contributed by atoms with E-state index < -0.39 is 0 Å². The van der Waals surface area contributed by atoms with E-state index in [2.05, 4.69) is 20.9 Å². The number of imidazole rings is 1. The van der Waals surface area contributed by atoms with Gasteiger partial charge in [0.2, 0.25) is 5.88 Å². The monoisotopic (exact) mass is 369 g/mol.